The van der Waals surface area contributed by atoms with Gasteiger partial charge in [0.05, 0.1) is 29.0 Å². The molecule has 6 rings (SSSR count). The van der Waals surface area contributed by atoms with Crippen LogP contribution in [0, 0.1) is 22.7 Å². The van der Waals surface area contributed by atoms with Crippen molar-refractivity contribution in [2.24, 2.45) is 0 Å². The maximum atomic E-state index is 9.36. The number of rotatable bonds is 1. The Morgan fingerprint density at radius 1 is 0.677 bits per heavy atom. The monoisotopic (exact) mass is 395 g/mol. The molecular weight excluding hydrogens is 381 g/mol. The van der Waals surface area contributed by atoms with Gasteiger partial charge in [0.1, 0.15) is 5.75 Å². The lowest BCUT2D eigenvalue weighted by Crippen LogP contribution is -2.50. The van der Waals surface area contributed by atoms with E-state index < -0.39 is 0 Å². The second-order valence-corrected chi connectivity index (χ2v) is 7.65. The van der Waals surface area contributed by atoms with Crippen molar-refractivity contribution in [3.63, 3.8) is 0 Å². The van der Waals surface area contributed by atoms with Crippen LogP contribution in [0.25, 0.3) is 22.3 Å². The Balaban J connectivity index is 1.56. The van der Waals surface area contributed by atoms with E-state index in [1.54, 1.807) is 6.07 Å². The van der Waals surface area contributed by atoms with E-state index in [4.69, 9.17) is 4.65 Å². The van der Waals surface area contributed by atoms with E-state index in [1.165, 1.54) is 0 Å². The highest BCUT2D eigenvalue weighted by Crippen LogP contribution is 2.47. The Hall–Kier alpha value is -4.48. The van der Waals surface area contributed by atoms with Crippen molar-refractivity contribution in [3.05, 3.63) is 96.1 Å². The average Bonchev–Trinajstić information content (AvgIpc) is 3.23. The molecule has 0 atom stereocenters. The van der Waals surface area contributed by atoms with Gasteiger partial charge in [-0.05, 0) is 64.6 Å². The third-order valence-corrected chi connectivity index (χ3v) is 5.90. The number of fused-ring (bicyclic) bond motifs is 8. The van der Waals surface area contributed by atoms with Crippen LogP contribution >= 0.6 is 0 Å². The van der Waals surface area contributed by atoms with Crippen molar-refractivity contribution in [1.82, 2.24) is 0 Å². The number of hydrogen-bond donors (Lipinski definition) is 0. The fraction of sp³-hybridized carbons (Fsp3) is 0. The van der Waals surface area contributed by atoms with E-state index in [9.17, 15) is 10.5 Å². The SMILES string of the molecule is N#Cc1cc(C#N)cc(-c2ccc3c(c2)-c2ccccc2N2B3Oc3ccccc32)c1. The van der Waals surface area contributed by atoms with Gasteiger partial charge < -0.3 is 9.47 Å². The highest BCUT2D eigenvalue weighted by atomic mass is 16.5. The number of para-hydroxylation sites is 3. The zero-order valence-electron chi connectivity index (χ0n) is 16.4. The first-order valence-corrected chi connectivity index (χ1v) is 10.0. The quantitative estimate of drug-likeness (QED) is 0.426. The van der Waals surface area contributed by atoms with E-state index in [-0.39, 0.29) is 7.05 Å². The van der Waals surface area contributed by atoms with E-state index >= 15 is 0 Å². The van der Waals surface area contributed by atoms with Gasteiger partial charge in [-0.3, -0.25) is 0 Å². The molecule has 2 aliphatic heterocycles. The second-order valence-electron chi connectivity index (χ2n) is 7.65. The number of anilines is 2. The lowest BCUT2D eigenvalue weighted by molar-refractivity contribution is 0.603. The molecule has 2 heterocycles. The number of nitrogens with zero attached hydrogens (tertiary/aromatic N) is 3. The van der Waals surface area contributed by atoms with E-state index in [0.29, 0.717) is 11.1 Å². The summed E-state index contributed by atoms with van der Waals surface area (Å²) in [6.07, 6.45) is 0. The second kappa shape index (κ2) is 6.52. The van der Waals surface area contributed by atoms with Gasteiger partial charge in [-0.1, -0.05) is 42.5 Å². The summed E-state index contributed by atoms with van der Waals surface area (Å²) in [5.41, 5.74) is 8.27. The Labute approximate surface area is 180 Å². The molecular formula is C26H14BN3O. The molecule has 0 saturated heterocycles. The van der Waals surface area contributed by atoms with Crippen LogP contribution in [0.3, 0.4) is 0 Å². The minimum atomic E-state index is -0.225. The molecule has 31 heavy (non-hydrogen) atoms. The Bertz CT molecular complexity index is 1430. The van der Waals surface area contributed by atoms with E-state index in [2.05, 4.69) is 47.3 Å². The van der Waals surface area contributed by atoms with Crippen molar-refractivity contribution in [3.8, 4) is 40.1 Å². The molecule has 0 spiro atoms. The molecule has 0 amide bonds. The van der Waals surface area contributed by atoms with Crippen molar-refractivity contribution < 1.29 is 4.65 Å². The summed E-state index contributed by atoms with van der Waals surface area (Å²) in [5.74, 6) is 0.875. The van der Waals surface area contributed by atoms with Gasteiger partial charge in [-0.25, -0.2) is 0 Å². The fourth-order valence-corrected chi connectivity index (χ4v) is 4.53. The van der Waals surface area contributed by atoms with Gasteiger partial charge in [0.25, 0.3) is 0 Å². The van der Waals surface area contributed by atoms with Gasteiger partial charge in [-0.15, -0.1) is 0 Å². The van der Waals surface area contributed by atoms with Crippen LogP contribution < -0.4 is 14.9 Å². The minimum absolute atomic E-state index is 0.225. The molecule has 0 bridgehead atoms. The lowest BCUT2D eigenvalue weighted by atomic mass is 9.64. The maximum absolute atomic E-state index is 9.36. The van der Waals surface area contributed by atoms with Crippen molar-refractivity contribution in [1.29, 1.82) is 10.5 Å². The fourth-order valence-electron chi connectivity index (χ4n) is 4.53. The van der Waals surface area contributed by atoms with Crippen LogP contribution in [0.4, 0.5) is 11.4 Å². The topological polar surface area (TPSA) is 60.0 Å². The predicted molar refractivity (Wildman–Crippen MR) is 121 cm³/mol. The number of benzene rings is 4. The van der Waals surface area contributed by atoms with Crippen LogP contribution in [0.1, 0.15) is 11.1 Å². The highest BCUT2D eigenvalue weighted by molar-refractivity contribution is 6.77. The first-order chi connectivity index (χ1) is 15.3. The minimum Gasteiger partial charge on any atom is -0.536 e. The first-order valence-electron chi connectivity index (χ1n) is 10.0. The summed E-state index contributed by atoms with van der Waals surface area (Å²) < 4.78 is 6.35. The summed E-state index contributed by atoms with van der Waals surface area (Å²) >= 11 is 0. The molecule has 0 aromatic heterocycles. The van der Waals surface area contributed by atoms with Crippen molar-refractivity contribution >= 4 is 23.9 Å². The largest absolute Gasteiger partial charge is 0.536 e. The highest BCUT2D eigenvalue weighted by Gasteiger charge is 2.44. The van der Waals surface area contributed by atoms with Crippen molar-refractivity contribution in [2.45, 2.75) is 0 Å². The molecule has 0 unspecified atom stereocenters. The molecule has 4 aromatic rings. The van der Waals surface area contributed by atoms with Gasteiger partial charge >= 0.3 is 7.05 Å². The normalized spacial score (nSPS) is 12.6. The van der Waals surface area contributed by atoms with Crippen LogP contribution in [-0.4, -0.2) is 7.05 Å². The smallest absolute Gasteiger partial charge is 0.524 e. The van der Waals surface area contributed by atoms with Gasteiger partial charge in [0.15, 0.2) is 0 Å². The van der Waals surface area contributed by atoms with Crippen LogP contribution in [0.5, 0.6) is 5.75 Å². The molecule has 0 aliphatic carbocycles. The number of hydrogen-bond acceptors (Lipinski definition) is 4. The van der Waals surface area contributed by atoms with Gasteiger partial charge in [0, 0.05) is 11.3 Å². The zero-order chi connectivity index (χ0) is 20.9. The molecule has 0 radical (unpaired) electrons. The molecule has 0 saturated carbocycles. The third kappa shape index (κ3) is 2.54. The molecule has 2 aliphatic rings. The van der Waals surface area contributed by atoms with Crippen LogP contribution in [-0.2, 0) is 0 Å². The van der Waals surface area contributed by atoms with Crippen LogP contribution in [0.2, 0.25) is 0 Å². The molecule has 4 nitrogen and oxygen atoms in total. The third-order valence-electron chi connectivity index (χ3n) is 5.90. The molecule has 4 aromatic carbocycles. The van der Waals surface area contributed by atoms with E-state index in [1.807, 2.05) is 48.5 Å². The Morgan fingerprint density at radius 2 is 1.39 bits per heavy atom. The van der Waals surface area contributed by atoms with E-state index in [0.717, 1.165) is 44.8 Å². The first kappa shape index (κ1) is 17.4. The number of nitriles is 2. The van der Waals surface area contributed by atoms with Gasteiger partial charge in [0.2, 0.25) is 0 Å². The molecule has 0 N–H and O–H groups in total. The zero-order valence-corrected chi connectivity index (χ0v) is 16.4. The summed E-state index contributed by atoms with van der Waals surface area (Å²) in [7, 11) is -0.225. The van der Waals surface area contributed by atoms with Gasteiger partial charge in [-0.2, -0.15) is 10.5 Å². The van der Waals surface area contributed by atoms with Crippen LogP contribution in [0.15, 0.2) is 84.9 Å². The summed E-state index contributed by atoms with van der Waals surface area (Å²) in [5, 5.41) is 18.7. The lowest BCUT2D eigenvalue weighted by Gasteiger charge is -2.31. The Kier molecular flexibility index (Phi) is 3.66. The summed E-state index contributed by atoms with van der Waals surface area (Å²) in [6, 6.07) is 32.3. The standard InChI is InChI=1S/C26H14BN3O/c28-15-17-11-18(16-29)13-20(12-17)19-9-10-23-22(14-19)21-5-1-2-6-24(21)30-25-7-3-4-8-26(25)31-27(23)30/h1-14H. The summed E-state index contributed by atoms with van der Waals surface area (Å²) in [6.45, 7) is 0. The van der Waals surface area contributed by atoms with Crippen molar-refractivity contribution in [2.75, 3.05) is 4.81 Å². The Morgan fingerprint density at radius 3 is 2.16 bits per heavy atom. The maximum Gasteiger partial charge on any atom is 0.524 e. The molecule has 0 fully saturated rings. The molecule has 142 valence electrons. The average molecular weight is 395 g/mol. The molecule has 5 heteroatoms. The summed E-state index contributed by atoms with van der Waals surface area (Å²) in [4.78, 5) is 2.25. The predicted octanol–water partition coefficient (Wildman–Crippen LogP) is 5.00.